The Morgan fingerprint density at radius 1 is 1.39 bits per heavy atom. The van der Waals surface area contributed by atoms with Crippen LogP contribution in [0, 0.1) is 5.82 Å². The van der Waals surface area contributed by atoms with E-state index in [1.54, 1.807) is 12.3 Å². The van der Waals surface area contributed by atoms with Gasteiger partial charge in [-0.05, 0) is 50.1 Å². The van der Waals surface area contributed by atoms with Gasteiger partial charge >= 0.3 is 0 Å². The van der Waals surface area contributed by atoms with Gasteiger partial charge in [0.05, 0.1) is 5.69 Å². The normalized spacial score (nSPS) is 10.4. The maximum Gasteiger partial charge on any atom is 0.271 e. The van der Waals surface area contributed by atoms with E-state index < -0.39 is 0 Å². The molecule has 4 nitrogen and oxygen atoms in total. The highest BCUT2D eigenvalue weighted by Gasteiger charge is 2.13. The summed E-state index contributed by atoms with van der Waals surface area (Å²) in [4.78, 5) is 11.4. The fourth-order valence-electron chi connectivity index (χ4n) is 1.45. The van der Waals surface area contributed by atoms with Gasteiger partial charge in [-0.1, -0.05) is 0 Å². The molecule has 0 bridgehead atoms. The standard InChI is InChI=1S/C11H8Br2FN3O/c1-15-11(18)9-2-3-17(16-9)10-7(12)4-6(14)5-8(10)13/h2-5H,1H3,(H,15,18). The first-order valence-electron chi connectivity index (χ1n) is 4.95. The molecule has 1 heterocycles. The van der Waals surface area contributed by atoms with Gasteiger partial charge in [-0.2, -0.15) is 5.10 Å². The smallest absolute Gasteiger partial charge is 0.271 e. The lowest BCUT2D eigenvalue weighted by molar-refractivity contribution is 0.0957. The highest BCUT2D eigenvalue weighted by molar-refractivity contribution is 9.11. The Morgan fingerprint density at radius 3 is 2.56 bits per heavy atom. The quantitative estimate of drug-likeness (QED) is 0.875. The number of aromatic nitrogens is 2. The minimum atomic E-state index is -0.365. The molecule has 0 saturated heterocycles. The zero-order chi connectivity index (χ0) is 13.3. The number of hydrogen-bond acceptors (Lipinski definition) is 2. The molecule has 0 saturated carbocycles. The molecule has 0 fully saturated rings. The van der Waals surface area contributed by atoms with Crippen LogP contribution >= 0.6 is 31.9 Å². The molecule has 1 aromatic heterocycles. The maximum absolute atomic E-state index is 13.2. The molecule has 0 aliphatic rings. The van der Waals surface area contributed by atoms with Gasteiger partial charge in [0.1, 0.15) is 5.82 Å². The van der Waals surface area contributed by atoms with Gasteiger partial charge < -0.3 is 5.32 Å². The van der Waals surface area contributed by atoms with Crippen molar-refractivity contribution >= 4 is 37.8 Å². The van der Waals surface area contributed by atoms with Crippen LogP contribution in [0.15, 0.2) is 33.3 Å². The number of halogens is 3. The Morgan fingerprint density at radius 2 is 2.00 bits per heavy atom. The van der Waals surface area contributed by atoms with Crippen molar-refractivity contribution in [2.24, 2.45) is 0 Å². The molecule has 7 heteroatoms. The topological polar surface area (TPSA) is 46.9 Å². The van der Waals surface area contributed by atoms with Crippen LogP contribution in [-0.2, 0) is 0 Å². The minimum Gasteiger partial charge on any atom is -0.354 e. The molecule has 0 aliphatic heterocycles. The number of rotatable bonds is 2. The summed E-state index contributed by atoms with van der Waals surface area (Å²) in [5.74, 6) is -0.640. The molecule has 0 aliphatic carbocycles. The number of carbonyl (C=O) groups excluding carboxylic acids is 1. The summed E-state index contributed by atoms with van der Waals surface area (Å²) in [6.45, 7) is 0. The predicted molar refractivity (Wildman–Crippen MR) is 72.3 cm³/mol. The second-order valence-corrected chi connectivity index (χ2v) is 5.15. The lowest BCUT2D eigenvalue weighted by atomic mass is 10.3. The molecule has 1 amide bonds. The van der Waals surface area contributed by atoms with Crippen LogP contribution < -0.4 is 5.32 Å². The number of carbonyl (C=O) groups is 1. The molecule has 1 N–H and O–H groups in total. The molecule has 18 heavy (non-hydrogen) atoms. The number of nitrogens with zero attached hydrogens (tertiary/aromatic N) is 2. The number of hydrogen-bond donors (Lipinski definition) is 1. The first-order valence-corrected chi connectivity index (χ1v) is 6.54. The van der Waals surface area contributed by atoms with Crippen molar-refractivity contribution < 1.29 is 9.18 Å². The second kappa shape index (κ2) is 5.19. The molecule has 0 atom stereocenters. The van der Waals surface area contributed by atoms with E-state index in [0.29, 0.717) is 20.3 Å². The highest BCUT2D eigenvalue weighted by Crippen LogP contribution is 2.30. The van der Waals surface area contributed by atoms with E-state index in [2.05, 4.69) is 42.3 Å². The van der Waals surface area contributed by atoms with E-state index in [1.807, 2.05) is 0 Å². The van der Waals surface area contributed by atoms with Crippen molar-refractivity contribution in [3.05, 3.63) is 44.9 Å². The number of benzene rings is 1. The van der Waals surface area contributed by atoms with Crippen molar-refractivity contribution in [2.45, 2.75) is 0 Å². The van der Waals surface area contributed by atoms with Crippen LogP contribution in [0.4, 0.5) is 4.39 Å². The van der Waals surface area contributed by atoms with E-state index in [9.17, 15) is 9.18 Å². The third-order valence-electron chi connectivity index (χ3n) is 2.26. The molecule has 1 aromatic carbocycles. The summed E-state index contributed by atoms with van der Waals surface area (Å²) >= 11 is 6.53. The van der Waals surface area contributed by atoms with Crippen molar-refractivity contribution in [2.75, 3.05) is 7.05 Å². The van der Waals surface area contributed by atoms with Gasteiger partial charge in [0.25, 0.3) is 5.91 Å². The Kier molecular flexibility index (Phi) is 3.82. The fraction of sp³-hybridized carbons (Fsp3) is 0.0909. The zero-order valence-electron chi connectivity index (χ0n) is 9.25. The van der Waals surface area contributed by atoms with Crippen molar-refractivity contribution in [1.82, 2.24) is 15.1 Å². The number of nitrogens with one attached hydrogen (secondary N) is 1. The molecular weight excluding hydrogens is 369 g/mol. The Balaban J connectivity index is 2.49. The monoisotopic (exact) mass is 375 g/mol. The summed E-state index contributed by atoms with van der Waals surface area (Å²) in [6, 6.07) is 4.25. The SMILES string of the molecule is CNC(=O)c1ccn(-c2c(Br)cc(F)cc2Br)n1. The van der Waals surface area contributed by atoms with Crippen LogP contribution in [0.2, 0.25) is 0 Å². The third kappa shape index (κ3) is 2.46. The molecule has 0 unspecified atom stereocenters. The predicted octanol–water partition coefficient (Wildman–Crippen LogP) is 2.90. The van der Waals surface area contributed by atoms with E-state index >= 15 is 0 Å². The fourth-order valence-corrected chi connectivity index (χ4v) is 2.95. The van der Waals surface area contributed by atoms with Crippen LogP contribution in [0.1, 0.15) is 10.5 Å². The second-order valence-electron chi connectivity index (χ2n) is 3.44. The largest absolute Gasteiger partial charge is 0.354 e. The van der Waals surface area contributed by atoms with Crippen molar-refractivity contribution in [3.8, 4) is 5.69 Å². The molecule has 0 radical (unpaired) electrons. The first kappa shape index (κ1) is 13.2. The van der Waals surface area contributed by atoms with Crippen molar-refractivity contribution in [3.63, 3.8) is 0 Å². The average Bonchev–Trinajstić information content (AvgIpc) is 2.76. The molecule has 2 rings (SSSR count). The summed E-state index contributed by atoms with van der Waals surface area (Å²) in [7, 11) is 1.53. The summed E-state index contributed by atoms with van der Waals surface area (Å²) in [5.41, 5.74) is 0.923. The maximum atomic E-state index is 13.2. The van der Waals surface area contributed by atoms with Crippen LogP contribution in [0.3, 0.4) is 0 Å². The van der Waals surface area contributed by atoms with Gasteiger partial charge in [-0.3, -0.25) is 4.79 Å². The van der Waals surface area contributed by atoms with Gasteiger partial charge in [0.2, 0.25) is 0 Å². The first-order chi connectivity index (χ1) is 8.52. The van der Waals surface area contributed by atoms with E-state index in [-0.39, 0.29) is 11.7 Å². The highest BCUT2D eigenvalue weighted by atomic mass is 79.9. The summed E-state index contributed by atoms with van der Waals surface area (Å²) in [6.07, 6.45) is 1.63. The Bertz CT molecular complexity index is 589. The molecular formula is C11H8Br2FN3O. The van der Waals surface area contributed by atoms with Crippen LogP contribution in [0.25, 0.3) is 5.69 Å². The van der Waals surface area contributed by atoms with Gasteiger partial charge in [-0.25, -0.2) is 9.07 Å². The van der Waals surface area contributed by atoms with E-state index in [0.717, 1.165) is 0 Å². The Hall–Kier alpha value is -1.21. The van der Waals surface area contributed by atoms with Crippen LogP contribution in [-0.4, -0.2) is 22.7 Å². The summed E-state index contributed by atoms with van der Waals surface area (Å²) in [5, 5.41) is 6.61. The molecule has 94 valence electrons. The lowest BCUT2D eigenvalue weighted by Gasteiger charge is -2.07. The summed E-state index contributed by atoms with van der Waals surface area (Å²) < 4.78 is 15.7. The third-order valence-corrected chi connectivity index (χ3v) is 3.47. The lowest BCUT2D eigenvalue weighted by Crippen LogP contribution is -2.18. The Labute approximate surface area is 119 Å². The van der Waals surface area contributed by atoms with E-state index in [1.165, 1.54) is 23.9 Å². The van der Waals surface area contributed by atoms with Crippen molar-refractivity contribution in [1.29, 1.82) is 0 Å². The minimum absolute atomic E-state index is 0.275. The molecule has 2 aromatic rings. The van der Waals surface area contributed by atoms with Gasteiger partial charge in [-0.15, -0.1) is 0 Å². The molecule has 0 spiro atoms. The average molecular weight is 377 g/mol. The zero-order valence-corrected chi connectivity index (χ0v) is 12.4. The van der Waals surface area contributed by atoms with Gasteiger partial charge in [0.15, 0.2) is 5.69 Å². The van der Waals surface area contributed by atoms with E-state index in [4.69, 9.17) is 0 Å². The number of amides is 1. The van der Waals surface area contributed by atoms with Crippen LogP contribution in [0.5, 0.6) is 0 Å². The van der Waals surface area contributed by atoms with Gasteiger partial charge in [0, 0.05) is 22.2 Å².